The number of hydrogen-bond acceptors (Lipinski definition) is 6. The maximum atomic E-state index is 12.9. The molecule has 0 spiro atoms. The summed E-state index contributed by atoms with van der Waals surface area (Å²) in [4.78, 5) is 38.2. The Morgan fingerprint density at radius 2 is 0.500 bits per heavy atom. The van der Waals surface area contributed by atoms with Gasteiger partial charge in [0.2, 0.25) is 0 Å². The van der Waals surface area contributed by atoms with Crippen molar-refractivity contribution >= 4 is 17.9 Å². The largest absolute Gasteiger partial charge is 0.462 e. The normalized spacial score (nSPS) is 12.0. The Morgan fingerprint density at radius 3 is 0.771 bits per heavy atom. The average Bonchev–Trinajstić information content (AvgIpc) is 3.36. The summed E-state index contributed by atoms with van der Waals surface area (Å²) in [5.41, 5.74) is 0. The third-order valence-electron chi connectivity index (χ3n) is 14.5. The SMILES string of the molecule is CCC/C=C\CCCCCCCC(=O)OCC(COC(=O)CCCCCCCCCCCCCCCCCCCCCCCCCC)OC(=O)CCCCCCCCCCCCCCCCCCCC. The third-order valence-corrected chi connectivity index (χ3v) is 14.5. The number of allylic oxidation sites excluding steroid dienone is 2. The number of esters is 3. The van der Waals surface area contributed by atoms with Gasteiger partial charge in [0.15, 0.2) is 6.10 Å². The summed E-state index contributed by atoms with van der Waals surface area (Å²) in [7, 11) is 0. The highest BCUT2D eigenvalue weighted by Gasteiger charge is 2.19. The molecule has 414 valence electrons. The van der Waals surface area contributed by atoms with Crippen LogP contribution in [0.1, 0.15) is 361 Å². The summed E-state index contributed by atoms with van der Waals surface area (Å²) in [6, 6.07) is 0. The van der Waals surface area contributed by atoms with Crippen LogP contribution in [0.15, 0.2) is 12.2 Å². The first-order valence-corrected chi connectivity index (χ1v) is 31.7. The van der Waals surface area contributed by atoms with E-state index >= 15 is 0 Å². The van der Waals surface area contributed by atoms with Gasteiger partial charge >= 0.3 is 17.9 Å². The molecule has 1 atom stereocenters. The van der Waals surface area contributed by atoms with Crippen LogP contribution >= 0.6 is 0 Å². The van der Waals surface area contributed by atoms with E-state index in [1.807, 2.05) is 0 Å². The van der Waals surface area contributed by atoms with E-state index in [1.165, 1.54) is 250 Å². The summed E-state index contributed by atoms with van der Waals surface area (Å²) < 4.78 is 16.9. The summed E-state index contributed by atoms with van der Waals surface area (Å²) in [5, 5.41) is 0. The maximum absolute atomic E-state index is 12.9. The zero-order chi connectivity index (χ0) is 50.7. The Hall–Kier alpha value is -1.85. The van der Waals surface area contributed by atoms with Crippen molar-refractivity contribution in [2.45, 2.75) is 367 Å². The molecule has 0 saturated carbocycles. The standard InChI is InChI=1S/C64H122O6/c1-4-7-10-13-16-19-22-24-26-28-30-31-32-33-34-35-37-38-40-42-45-48-51-54-57-63(66)69-60-61(59-68-62(65)56-53-50-47-44-21-18-15-12-9-6-3)70-64(67)58-55-52-49-46-43-41-39-36-29-27-25-23-20-17-14-11-8-5-2/h12,15,61H,4-11,13-14,16-60H2,1-3H3/b15-12-. The van der Waals surface area contributed by atoms with Crippen LogP contribution < -0.4 is 0 Å². The zero-order valence-corrected chi connectivity index (χ0v) is 47.6. The Labute approximate surface area is 437 Å². The van der Waals surface area contributed by atoms with E-state index in [1.54, 1.807) is 0 Å². The summed E-state index contributed by atoms with van der Waals surface area (Å²) in [6.45, 7) is 6.65. The molecule has 1 unspecified atom stereocenters. The van der Waals surface area contributed by atoms with Gasteiger partial charge in [-0.05, 0) is 38.5 Å². The minimum absolute atomic E-state index is 0.0664. The molecule has 0 aromatic carbocycles. The molecule has 0 aromatic heterocycles. The van der Waals surface area contributed by atoms with E-state index in [0.29, 0.717) is 19.3 Å². The molecule has 6 heteroatoms. The van der Waals surface area contributed by atoms with E-state index < -0.39 is 6.10 Å². The van der Waals surface area contributed by atoms with Gasteiger partial charge in [0, 0.05) is 19.3 Å². The molecule has 0 radical (unpaired) electrons. The Bertz CT molecular complexity index is 1090. The van der Waals surface area contributed by atoms with Crippen LogP contribution in [-0.2, 0) is 28.6 Å². The lowest BCUT2D eigenvalue weighted by molar-refractivity contribution is -0.167. The van der Waals surface area contributed by atoms with Gasteiger partial charge in [-0.3, -0.25) is 14.4 Å². The minimum Gasteiger partial charge on any atom is -0.462 e. The van der Waals surface area contributed by atoms with Crippen molar-refractivity contribution in [3.05, 3.63) is 12.2 Å². The van der Waals surface area contributed by atoms with Crippen molar-refractivity contribution in [3.8, 4) is 0 Å². The molecule has 0 aromatic rings. The minimum atomic E-state index is -0.768. The van der Waals surface area contributed by atoms with Gasteiger partial charge in [-0.15, -0.1) is 0 Å². The number of hydrogen-bond donors (Lipinski definition) is 0. The van der Waals surface area contributed by atoms with E-state index in [9.17, 15) is 14.4 Å². The van der Waals surface area contributed by atoms with Crippen molar-refractivity contribution in [2.24, 2.45) is 0 Å². The smallest absolute Gasteiger partial charge is 0.306 e. The van der Waals surface area contributed by atoms with E-state index in [-0.39, 0.29) is 31.1 Å². The molecule has 0 heterocycles. The molecule has 0 fully saturated rings. The molecule has 0 aliphatic heterocycles. The molecule has 0 N–H and O–H groups in total. The maximum Gasteiger partial charge on any atom is 0.306 e. The lowest BCUT2D eigenvalue weighted by atomic mass is 10.0. The van der Waals surface area contributed by atoms with Crippen molar-refractivity contribution in [1.29, 1.82) is 0 Å². The quantitative estimate of drug-likeness (QED) is 0.0261. The Morgan fingerprint density at radius 1 is 0.271 bits per heavy atom. The second-order valence-corrected chi connectivity index (χ2v) is 21.7. The highest BCUT2D eigenvalue weighted by Crippen LogP contribution is 2.18. The zero-order valence-electron chi connectivity index (χ0n) is 47.6. The number of carbonyl (C=O) groups excluding carboxylic acids is 3. The molecule has 0 amide bonds. The van der Waals surface area contributed by atoms with Crippen LogP contribution in [0.25, 0.3) is 0 Å². The van der Waals surface area contributed by atoms with Gasteiger partial charge in [0.25, 0.3) is 0 Å². The fraction of sp³-hybridized carbons (Fsp3) is 0.922. The predicted octanol–water partition coefficient (Wildman–Crippen LogP) is 21.3. The summed E-state index contributed by atoms with van der Waals surface area (Å²) in [5.74, 6) is -0.850. The second kappa shape index (κ2) is 59.7. The van der Waals surface area contributed by atoms with Gasteiger partial charge in [-0.1, -0.05) is 315 Å². The lowest BCUT2D eigenvalue weighted by Crippen LogP contribution is -2.30. The Balaban J connectivity index is 4.16. The summed E-state index contributed by atoms with van der Waals surface area (Å²) in [6.07, 6.45) is 69.5. The second-order valence-electron chi connectivity index (χ2n) is 21.7. The van der Waals surface area contributed by atoms with Crippen molar-refractivity contribution < 1.29 is 28.6 Å². The molecule has 0 aliphatic rings. The van der Waals surface area contributed by atoms with Crippen LogP contribution in [0.5, 0.6) is 0 Å². The topological polar surface area (TPSA) is 78.9 Å². The molecule has 70 heavy (non-hydrogen) atoms. The van der Waals surface area contributed by atoms with Gasteiger partial charge in [-0.25, -0.2) is 0 Å². The van der Waals surface area contributed by atoms with Crippen molar-refractivity contribution in [3.63, 3.8) is 0 Å². The monoisotopic (exact) mass is 987 g/mol. The first-order chi connectivity index (χ1) is 34.5. The van der Waals surface area contributed by atoms with Crippen LogP contribution in [0, 0.1) is 0 Å². The predicted molar refractivity (Wildman–Crippen MR) is 303 cm³/mol. The van der Waals surface area contributed by atoms with Gasteiger partial charge < -0.3 is 14.2 Å². The number of unbranched alkanes of at least 4 members (excludes halogenated alkanes) is 46. The first kappa shape index (κ1) is 68.2. The van der Waals surface area contributed by atoms with E-state index in [2.05, 4.69) is 32.9 Å². The van der Waals surface area contributed by atoms with Crippen molar-refractivity contribution in [1.82, 2.24) is 0 Å². The van der Waals surface area contributed by atoms with Gasteiger partial charge in [-0.2, -0.15) is 0 Å². The molecular formula is C64H122O6. The molecule has 0 bridgehead atoms. The number of rotatable bonds is 59. The third kappa shape index (κ3) is 57.1. The number of ether oxygens (including phenoxy) is 3. The average molecular weight is 988 g/mol. The van der Waals surface area contributed by atoms with Gasteiger partial charge in [0.1, 0.15) is 13.2 Å². The fourth-order valence-corrected chi connectivity index (χ4v) is 9.74. The first-order valence-electron chi connectivity index (χ1n) is 31.7. The fourth-order valence-electron chi connectivity index (χ4n) is 9.74. The lowest BCUT2D eigenvalue weighted by Gasteiger charge is -2.18. The number of carbonyl (C=O) groups is 3. The van der Waals surface area contributed by atoms with Crippen LogP contribution in [0.2, 0.25) is 0 Å². The highest BCUT2D eigenvalue weighted by atomic mass is 16.6. The van der Waals surface area contributed by atoms with Crippen LogP contribution in [0.3, 0.4) is 0 Å². The van der Waals surface area contributed by atoms with E-state index in [4.69, 9.17) is 14.2 Å². The van der Waals surface area contributed by atoms with E-state index in [0.717, 1.165) is 70.6 Å². The van der Waals surface area contributed by atoms with Gasteiger partial charge in [0.05, 0.1) is 0 Å². The molecule has 0 rings (SSSR count). The molecule has 0 aliphatic carbocycles. The summed E-state index contributed by atoms with van der Waals surface area (Å²) >= 11 is 0. The Kier molecular flexibility index (Phi) is 58.1. The molecular weight excluding hydrogens is 865 g/mol. The molecule has 0 saturated heterocycles. The van der Waals surface area contributed by atoms with Crippen LogP contribution in [0.4, 0.5) is 0 Å². The molecule has 6 nitrogen and oxygen atoms in total. The van der Waals surface area contributed by atoms with Crippen LogP contribution in [-0.4, -0.2) is 37.2 Å². The van der Waals surface area contributed by atoms with Crippen molar-refractivity contribution in [2.75, 3.05) is 13.2 Å². The highest BCUT2D eigenvalue weighted by molar-refractivity contribution is 5.71.